The summed E-state index contributed by atoms with van der Waals surface area (Å²) in [5, 5.41) is 5.36. The average molecular weight is 370 g/mol. The third kappa shape index (κ3) is 2.26. The summed E-state index contributed by atoms with van der Waals surface area (Å²) in [6.07, 6.45) is 0. The molecule has 1 aliphatic rings. The highest BCUT2D eigenvalue weighted by Crippen LogP contribution is 2.51. The molecular formula is C29H22. The lowest BCUT2D eigenvalue weighted by molar-refractivity contribution is 0.666. The van der Waals surface area contributed by atoms with Gasteiger partial charge in [-0.3, -0.25) is 0 Å². The molecule has 0 radical (unpaired) electrons. The fourth-order valence-electron chi connectivity index (χ4n) is 5.25. The molecule has 0 spiro atoms. The fourth-order valence-corrected chi connectivity index (χ4v) is 5.25. The molecule has 5 aromatic rings. The Hall–Kier alpha value is -3.38. The largest absolute Gasteiger partial charge is 0.0622 e. The fraction of sp³-hybridized carbons (Fsp3) is 0.103. The van der Waals surface area contributed by atoms with Crippen LogP contribution in [0.25, 0.3) is 43.8 Å². The smallest absolute Gasteiger partial charge is 0.0165 e. The first-order valence-corrected chi connectivity index (χ1v) is 10.3. The first-order chi connectivity index (χ1) is 14.1. The van der Waals surface area contributed by atoms with E-state index in [4.69, 9.17) is 0 Å². The van der Waals surface area contributed by atoms with Gasteiger partial charge in [-0.15, -0.1) is 0 Å². The van der Waals surface area contributed by atoms with Crippen LogP contribution in [0.3, 0.4) is 0 Å². The van der Waals surface area contributed by atoms with E-state index in [-0.39, 0.29) is 5.41 Å². The van der Waals surface area contributed by atoms with Crippen LogP contribution in [0.2, 0.25) is 0 Å². The van der Waals surface area contributed by atoms with Gasteiger partial charge in [-0.1, -0.05) is 105 Å². The summed E-state index contributed by atoms with van der Waals surface area (Å²) in [4.78, 5) is 0. The minimum Gasteiger partial charge on any atom is -0.0622 e. The molecule has 0 heteroatoms. The second kappa shape index (κ2) is 5.81. The van der Waals surface area contributed by atoms with Gasteiger partial charge in [0, 0.05) is 5.41 Å². The zero-order valence-corrected chi connectivity index (χ0v) is 16.7. The Kier molecular flexibility index (Phi) is 3.32. The lowest BCUT2D eigenvalue weighted by Crippen LogP contribution is -2.15. The molecule has 0 saturated heterocycles. The van der Waals surface area contributed by atoms with Crippen molar-refractivity contribution < 1.29 is 0 Å². The molecule has 0 heterocycles. The molecule has 0 aliphatic heterocycles. The molecule has 0 aromatic heterocycles. The van der Waals surface area contributed by atoms with E-state index >= 15 is 0 Å². The molecule has 5 aromatic carbocycles. The maximum Gasteiger partial charge on any atom is 0.0165 e. The van der Waals surface area contributed by atoms with Gasteiger partial charge in [0.1, 0.15) is 0 Å². The average Bonchev–Trinajstić information content (AvgIpc) is 3.01. The van der Waals surface area contributed by atoms with Crippen molar-refractivity contribution in [3.63, 3.8) is 0 Å². The molecule has 0 atom stereocenters. The Morgan fingerprint density at radius 1 is 0.517 bits per heavy atom. The van der Waals surface area contributed by atoms with Crippen molar-refractivity contribution in [1.29, 1.82) is 0 Å². The molecule has 138 valence electrons. The topological polar surface area (TPSA) is 0 Å². The van der Waals surface area contributed by atoms with Crippen LogP contribution >= 0.6 is 0 Å². The van der Waals surface area contributed by atoms with E-state index in [9.17, 15) is 0 Å². The maximum atomic E-state index is 2.36. The van der Waals surface area contributed by atoms with Crippen molar-refractivity contribution in [2.75, 3.05) is 0 Å². The van der Waals surface area contributed by atoms with Crippen LogP contribution in [0.4, 0.5) is 0 Å². The van der Waals surface area contributed by atoms with Gasteiger partial charge in [-0.05, 0) is 61.0 Å². The van der Waals surface area contributed by atoms with Crippen LogP contribution in [0.15, 0.2) is 97.1 Å². The predicted molar refractivity (Wildman–Crippen MR) is 124 cm³/mol. The van der Waals surface area contributed by atoms with E-state index in [1.165, 1.54) is 54.9 Å². The van der Waals surface area contributed by atoms with Gasteiger partial charge >= 0.3 is 0 Å². The molecule has 6 rings (SSSR count). The highest BCUT2D eigenvalue weighted by atomic mass is 14.4. The zero-order chi connectivity index (χ0) is 19.6. The van der Waals surface area contributed by atoms with Crippen molar-refractivity contribution in [2.24, 2.45) is 0 Å². The summed E-state index contributed by atoms with van der Waals surface area (Å²) >= 11 is 0. The lowest BCUT2D eigenvalue weighted by atomic mass is 9.80. The van der Waals surface area contributed by atoms with Crippen LogP contribution in [0, 0.1) is 0 Å². The van der Waals surface area contributed by atoms with E-state index in [1.807, 2.05) is 0 Å². The Balaban J connectivity index is 1.63. The number of rotatable bonds is 1. The summed E-state index contributed by atoms with van der Waals surface area (Å²) in [5.41, 5.74) is 8.22. The van der Waals surface area contributed by atoms with Gasteiger partial charge in [0.2, 0.25) is 0 Å². The third-order valence-corrected chi connectivity index (χ3v) is 6.64. The zero-order valence-electron chi connectivity index (χ0n) is 16.7. The third-order valence-electron chi connectivity index (χ3n) is 6.64. The van der Waals surface area contributed by atoms with Gasteiger partial charge in [-0.2, -0.15) is 0 Å². The lowest BCUT2D eigenvalue weighted by Gasteiger charge is -2.23. The molecule has 29 heavy (non-hydrogen) atoms. The Morgan fingerprint density at radius 3 is 2.10 bits per heavy atom. The standard InChI is InChI=1S/C29H22/c1-29(2)27-11-7-6-10-24(27)26-17-16-23-22-14-12-20(19-8-4-3-5-9-19)18-21(22)13-15-25(23)28(26)29/h3-18H,1-2H3. The Bertz CT molecular complexity index is 1400. The van der Waals surface area contributed by atoms with E-state index in [2.05, 4.69) is 111 Å². The number of hydrogen-bond acceptors (Lipinski definition) is 0. The van der Waals surface area contributed by atoms with Crippen molar-refractivity contribution in [3.05, 3.63) is 108 Å². The molecular weight excluding hydrogens is 348 g/mol. The summed E-state index contributed by atoms with van der Waals surface area (Å²) in [6, 6.07) is 35.6. The highest BCUT2D eigenvalue weighted by molar-refractivity contribution is 6.12. The predicted octanol–water partition coefficient (Wildman–Crippen LogP) is 7.97. The van der Waals surface area contributed by atoms with Crippen molar-refractivity contribution in [2.45, 2.75) is 19.3 Å². The molecule has 0 N–H and O–H groups in total. The van der Waals surface area contributed by atoms with Crippen LogP contribution < -0.4 is 0 Å². The number of benzene rings is 5. The van der Waals surface area contributed by atoms with Crippen LogP contribution in [-0.2, 0) is 5.41 Å². The van der Waals surface area contributed by atoms with Crippen molar-refractivity contribution >= 4 is 21.5 Å². The molecule has 0 saturated carbocycles. The quantitative estimate of drug-likeness (QED) is 0.262. The minimum atomic E-state index is 0.0170. The van der Waals surface area contributed by atoms with E-state index in [1.54, 1.807) is 0 Å². The van der Waals surface area contributed by atoms with Crippen molar-refractivity contribution in [1.82, 2.24) is 0 Å². The van der Waals surface area contributed by atoms with Gasteiger partial charge in [0.25, 0.3) is 0 Å². The van der Waals surface area contributed by atoms with Gasteiger partial charge in [-0.25, -0.2) is 0 Å². The normalized spacial score (nSPS) is 14.1. The van der Waals surface area contributed by atoms with Crippen LogP contribution in [-0.4, -0.2) is 0 Å². The monoisotopic (exact) mass is 370 g/mol. The second-order valence-electron chi connectivity index (χ2n) is 8.62. The Labute approximate surface area is 171 Å². The molecule has 0 fully saturated rings. The molecule has 0 unspecified atom stereocenters. The van der Waals surface area contributed by atoms with Crippen LogP contribution in [0.1, 0.15) is 25.0 Å². The summed E-state index contributed by atoms with van der Waals surface area (Å²) in [6.45, 7) is 4.72. The SMILES string of the molecule is CC1(C)c2ccccc2-c2ccc3c(ccc4cc(-c5ccccc5)ccc43)c21. The van der Waals surface area contributed by atoms with Gasteiger partial charge < -0.3 is 0 Å². The number of fused-ring (bicyclic) bond motifs is 7. The Morgan fingerprint density at radius 2 is 1.24 bits per heavy atom. The van der Waals surface area contributed by atoms with E-state index < -0.39 is 0 Å². The van der Waals surface area contributed by atoms with Gasteiger partial charge in [0.15, 0.2) is 0 Å². The van der Waals surface area contributed by atoms with Crippen molar-refractivity contribution in [3.8, 4) is 22.3 Å². The summed E-state index contributed by atoms with van der Waals surface area (Å²) in [5.74, 6) is 0. The summed E-state index contributed by atoms with van der Waals surface area (Å²) in [7, 11) is 0. The second-order valence-corrected chi connectivity index (χ2v) is 8.62. The van der Waals surface area contributed by atoms with Gasteiger partial charge in [0.05, 0.1) is 0 Å². The molecule has 0 nitrogen and oxygen atoms in total. The molecule has 1 aliphatic carbocycles. The van der Waals surface area contributed by atoms with E-state index in [0.29, 0.717) is 0 Å². The first-order valence-electron chi connectivity index (χ1n) is 10.3. The first kappa shape index (κ1) is 16.6. The molecule has 0 amide bonds. The molecule has 0 bridgehead atoms. The minimum absolute atomic E-state index is 0.0170. The number of hydrogen-bond donors (Lipinski definition) is 0. The van der Waals surface area contributed by atoms with E-state index in [0.717, 1.165) is 0 Å². The summed E-state index contributed by atoms with van der Waals surface area (Å²) < 4.78 is 0. The highest BCUT2D eigenvalue weighted by Gasteiger charge is 2.36. The van der Waals surface area contributed by atoms with Crippen LogP contribution in [0.5, 0.6) is 0 Å². The maximum absolute atomic E-state index is 2.36.